The van der Waals surface area contributed by atoms with Crippen LogP contribution in [0.5, 0.6) is 0 Å². The molecule has 0 aliphatic heterocycles. The van der Waals surface area contributed by atoms with Gasteiger partial charge in [-0.3, -0.25) is 4.79 Å². The van der Waals surface area contributed by atoms with Crippen molar-refractivity contribution in [1.82, 2.24) is 0 Å². The van der Waals surface area contributed by atoms with Crippen molar-refractivity contribution in [3.63, 3.8) is 0 Å². The molecule has 17 heavy (non-hydrogen) atoms. The molecule has 0 bridgehead atoms. The number of halogens is 2. The van der Waals surface area contributed by atoms with E-state index in [1.807, 2.05) is 0 Å². The minimum absolute atomic E-state index is 0.0187. The van der Waals surface area contributed by atoms with Crippen molar-refractivity contribution >= 4 is 21.7 Å². The van der Waals surface area contributed by atoms with E-state index in [1.165, 1.54) is 6.07 Å². The average Bonchev–Trinajstić information content (AvgIpc) is 3.08. The number of carbonyl (C=O) groups excluding carboxylic acids is 1. The molecule has 92 valence electrons. The molecule has 0 amide bonds. The van der Waals surface area contributed by atoms with Gasteiger partial charge in [0, 0.05) is 18.9 Å². The van der Waals surface area contributed by atoms with Gasteiger partial charge in [-0.2, -0.15) is 0 Å². The monoisotopic (exact) mass is 299 g/mol. The van der Waals surface area contributed by atoms with E-state index in [0.29, 0.717) is 22.4 Å². The van der Waals surface area contributed by atoms with Crippen molar-refractivity contribution in [3.05, 3.63) is 34.1 Å². The number of carbonyl (C=O) groups is 1. The van der Waals surface area contributed by atoms with E-state index in [2.05, 4.69) is 15.9 Å². The van der Waals surface area contributed by atoms with Crippen LogP contribution >= 0.6 is 15.9 Å². The molecule has 0 aromatic heterocycles. The minimum Gasteiger partial charge on any atom is -0.327 e. The van der Waals surface area contributed by atoms with E-state index in [9.17, 15) is 9.18 Å². The van der Waals surface area contributed by atoms with Gasteiger partial charge < -0.3 is 5.73 Å². The van der Waals surface area contributed by atoms with Gasteiger partial charge in [-0.05, 0) is 46.3 Å². The van der Waals surface area contributed by atoms with E-state index in [-0.39, 0.29) is 24.1 Å². The zero-order valence-corrected chi connectivity index (χ0v) is 11.0. The molecule has 1 fully saturated rings. The number of benzene rings is 1. The number of hydrogen-bond donors (Lipinski definition) is 1. The summed E-state index contributed by atoms with van der Waals surface area (Å²) in [7, 11) is 0. The van der Waals surface area contributed by atoms with Crippen LogP contribution in [-0.2, 0) is 11.2 Å². The molecule has 2 rings (SSSR count). The van der Waals surface area contributed by atoms with Crippen molar-refractivity contribution in [1.29, 1.82) is 0 Å². The Labute approximate surface area is 109 Å². The van der Waals surface area contributed by atoms with Gasteiger partial charge >= 0.3 is 0 Å². The van der Waals surface area contributed by atoms with Crippen molar-refractivity contribution in [2.24, 2.45) is 11.7 Å². The lowest BCUT2D eigenvalue weighted by atomic mass is 10.0. The molecule has 1 atom stereocenters. The lowest BCUT2D eigenvalue weighted by Crippen LogP contribution is -2.26. The number of nitrogens with two attached hydrogens (primary N) is 1. The third-order valence-corrected chi connectivity index (χ3v) is 4.00. The van der Waals surface area contributed by atoms with Crippen molar-refractivity contribution in [2.45, 2.75) is 31.7 Å². The fourth-order valence-electron chi connectivity index (χ4n) is 1.92. The van der Waals surface area contributed by atoms with Crippen molar-refractivity contribution in [2.75, 3.05) is 0 Å². The number of hydrogen-bond acceptors (Lipinski definition) is 2. The predicted molar refractivity (Wildman–Crippen MR) is 68.1 cm³/mol. The molecule has 0 heterocycles. The highest BCUT2D eigenvalue weighted by Gasteiger charge is 2.29. The molecule has 1 aromatic rings. The molecular formula is C13H15BrFNO. The van der Waals surface area contributed by atoms with E-state index in [1.54, 1.807) is 12.1 Å². The van der Waals surface area contributed by atoms with Crippen LogP contribution in [0.2, 0.25) is 0 Å². The third-order valence-electron chi connectivity index (χ3n) is 3.11. The number of rotatable bonds is 5. The molecule has 0 radical (unpaired) electrons. The fraction of sp³-hybridized carbons (Fsp3) is 0.462. The zero-order chi connectivity index (χ0) is 12.4. The van der Waals surface area contributed by atoms with E-state index < -0.39 is 0 Å². The molecule has 1 aromatic carbocycles. The Hall–Kier alpha value is -0.740. The molecule has 4 heteroatoms. The summed E-state index contributed by atoms with van der Waals surface area (Å²) in [5.41, 5.74) is 6.59. The van der Waals surface area contributed by atoms with Gasteiger partial charge in [0.1, 0.15) is 11.6 Å². The van der Waals surface area contributed by atoms with Crippen LogP contribution in [0.15, 0.2) is 22.7 Å². The summed E-state index contributed by atoms with van der Waals surface area (Å²) in [5, 5.41) is 0. The first-order valence-corrected chi connectivity index (χ1v) is 6.57. The van der Waals surface area contributed by atoms with Crippen LogP contribution in [0.1, 0.15) is 24.8 Å². The molecule has 1 aliphatic rings. The lowest BCUT2D eigenvalue weighted by molar-refractivity contribution is -0.118. The standard InChI is InChI=1S/C13H15BrFNO/c14-13-9(2-1-3-11(13)15)6-10(17)7-12(16)8-4-5-8/h1-3,8,12H,4-7,16H2. The summed E-state index contributed by atoms with van der Waals surface area (Å²) >= 11 is 3.16. The SMILES string of the molecule is NC(CC(=O)Cc1cccc(F)c1Br)C1CC1. The molecule has 2 nitrogen and oxygen atoms in total. The fourth-order valence-corrected chi connectivity index (χ4v) is 2.33. The van der Waals surface area contributed by atoms with Crippen molar-refractivity contribution in [3.8, 4) is 0 Å². The predicted octanol–water partition coefficient (Wildman–Crippen LogP) is 2.83. The maximum absolute atomic E-state index is 13.2. The van der Waals surface area contributed by atoms with Gasteiger partial charge in [0.2, 0.25) is 0 Å². The topological polar surface area (TPSA) is 43.1 Å². The lowest BCUT2D eigenvalue weighted by Gasteiger charge is -2.09. The summed E-state index contributed by atoms with van der Waals surface area (Å²) in [5.74, 6) is 0.271. The second kappa shape index (κ2) is 5.27. The average molecular weight is 300 g/mol. The molecule has 1 saturated carbocycles. The van der Waals surface area contributed by atoms with Gasteiger partial charge in [-0.1, -0.05) is 12.1 Å². The van der Waals surface area contributed by atoms with Crippen LogP contribution in [0.4, 0.5) is 4.39 Å². The molecule has 1 aliphatic carbocycles. The molecule has 0 saturated heterocycles. The largest absolute Gasteiger partial charge is 0.327 e. The summed E-state index contributed by atoms with van der Waals surface area (Å²) < 4.78 is 13.6. The summed E-state index contributed by atoms with van der Waals surface area (Å²) in [4.78, 5) is 11.8. The first kappa shape index (κ1) is 12.7. The molecule has 2 N–H and O–H groups in total. The van der Waals surface area contributed by atoms with Crippen molar-refractivity contribution < 1.29 is 9.18 Å². The van der Waals surface area contributed by atoms with E-state index >= 15 is 0 Å². The first-order chi connectivity index (χ1) is 8.08. The normalized spacial score (nSPS) is 16.9. The smallest absolute Gasteiger partial charge is 0.138 e. The van der Waals surface area contributed by atoms with Crippen LogP contribution in [0, 0.1) is 11.7 Å². The highest BCUT2D eigenvalue weighted by atomic mass is 79.9. The van der Waals surface area contributed by atoms with Crippen LogP contribution in [-0.4, -0.2) is 11.8 Å². The van der Waals surface area contributed by atoms with Gasteiger partial charge in [0.15, 0.2) is 0 Å². The maximum atomic E-state index is 13.2. The second-order valence-corrected chi connectivity index (χ2v) is 5.43. The summed E-state index contributed by atoms with van der Waals surface area (Å²) in [6, 6.07) is 4.72. The van der Waals surface area contributed by atoms with Gasteiger partial charge in [-0.15, -0.1) is 0 Å². The molecule has 1 unspecified atom stereocenters. The Morgan fingerprint density at radius 1 is 1.53 bits per heavy atom. The van der Waals surface area contributed by atoms with Crippen LogP contribution < -0.4 is 5.73 Å². The van der Waals surface area contributed by atoms with Gasteiger partial charge in [-0.25, -0.2) is 4.39 Å². The van der Waals surface area contributed by atoms with E-state index in [4.69, 9.17) is 5.73 Å². The van der Waals surface area contributed by atoms with E-state index in [0.717, 1.165) is 12.8 Å². The summed E-state index contributed by atoms with van der Waals surface area (Å²) in [6.07, 6.45) is 2.92. The third kappa shape index (κ3) is 3.36. The second-order valence-electron chi connectivity index (χ2n) is 4.63. The molecule has 0 spiro atoms. The van der Waals surface area contributed by atoms with Crippen LogP contribution in [0.3, 0.4) is 0 Å². The Bertz CT molecular complexity index is 431. The quantitative estimate of drug-likeness (QED) is 0.908. The van der Waals surface area contributed by atoms with Gasteiger partial charge in [0.05, 0.1) is 4.47 Å². The summed E-state index contributed by atoms with van der Waals surface area (Å²) in [6.45, 7) is 0. The Morgan fingerprint density at radius 3 is 2.88 bits per heavy atom. The minimum atomic E-state index is -0.332. The number of Topliss-reactive ketones (excluding diaryl/α,β-unsaturated/α-hetero) is 1. The first-order valence-electron chi connectivity index (χ1n) is 5.78. The van der Waals surface area contributed by atoms with Crippen LogP contribution in [0.25, 0.3) is 0 Å². The Kier molecular flexibility index (Phi) is 3.94. The number of ketones is 1. The maximum Gasteiger partial charge on any atom is 0.138 e. The highest BCUT2D eigenvalue weighted by Crippen LogP contribution is 2.33. The highest BCUT2D eigenvalue weighted by molar-refractivity contribution is 9.10. The van der Waals surface area contributed by atoms with Gasteiger partial charge in [0.25, 0.3) is 0 Å². The Morgan fingerprint density at radius 2 is 2.24 bits per heavy atom. The molecular weight excluding hydrogens is 285 g/mol. The Balaban J connectivity index is 1.95. The zero-order valence-electron chi connectivity index (χ0n) is 9.46.